The molecule has 3 N–H and O–H groups in total. The molecule has 0 amide bonds. The minimum Gasteiger partial charge on any atom is -0.382 e. The summed E-state index contributed by atoms with van der Waals surface area (Å²) in [4.78, 5) is 0. The van der Waals surface area contributed by atoms with Crippen LogP contribution in [0.15, 0.2) is 46.9 Å². The summed E-state index contributed by atoms with van der Waals surface area (Å²) in [6.45, 7) is 2.01. The lowest BCUT2D eigenvalue weighted by atomic mass is 10.00. The van der Waals surface area contributed by atoms with Crippen LogP contribution in [-0.2, 0) is 0 Å². The van der Waals surface area contributed by atoms with Crippen LogP contribution in [0.3, 0.4) is 0 Å². The number of nitrogen functional groups attached to an aromatic ring is 1. The van der Waals surface area contributed by atoms with Crippen molar-refractivity contribution >= 4 is 21.7 Å². The molecule has 0 aliphatic rings. The highest BCUT2D eigenvalue weighted by molar-refractivity contribution is 9.10. The monoisotopic (exact) mass is 345 g/mol. The normalized spacial score (nSPS) is 10.8. The molecule has 0 saturated heterocycles. The van der Waals surface area contributed by atoms with Crippen molar-refractivity contribution in [3.63, 3.8) is 0 Å². The molecule has 0 unspecified atom stereocenters. The standard InChI is InChI=1S/C16H13BrFN3/c1-9-5-7-10(8-6-9)13-15(20-21-16(13)19)11-3-2-4-12(17)14(11)18/h2-8H,1H3,(H3,19,20,21). The van der Waals surface area contributed by atoms with Crippen LogP contribution in [0.25, 0.3) is 22.4 Å². The molecule has 0 radical (unpaired) electrons. The molecule has 3 aromatic rings. The van der Waals surface area contributed by atoms with Gasteiger partial charge in [-0.25, -0.2) is 4.39 Å². The number of aromatic nitrogens is 2. The quantitative estimate of drug-likeness (QED) is 0.716. The lowest BCUT2D eigenvalue weighted by molar-refractivity contribution is 0.624. The number of nitrogens with two attached hydrogens (primary N) is 1. The minimum absolute atomic E-state index is 0.338. The number of nitrogens with one attached hydrogen (secondary N) is 1. The van der Waals surface area contributed by atoms with Gasteiger partial charge < -0.3 is 5.73 Å². The van der Waals surface area contributed by atoms with Gasteiger partial charge in [-0.05, 0) is 40.5 Å². The maximum absolute atomic E-state index is 14.3. The Morgan fingerprint density at radius 1 is 1.14 bits per heavy atom. The maximum Gasteiger partial charge on any atom is 0.153 e. The zero-order valence-electron chi connectivity index (χ0n) is 11.3. The number of hydrogen-bond acceptors (Lipinski definition) is 2. The molecule has 0 spiro atoms. The van der Waals surface area contributed by atoms with E-state index in [9.17, 15) is 4.39 Å². The summed E-state index contributed by atoms with van der Waals surface area (Å²) < 4.78 is 14.7. The molecule has 1 aromatic heterocycles. The molecule has 0 bridgehead atoms. The van der Waals surface area contributed by atoms with Crippen LogP contribution in [0.2, 0.25) is 0 Å². The van der Waals surface area contributed by atoms with Crippen molar-refractivity contribution < 1.29 is 4.39 Å². The van der Waals surface area contributed by atoms with Crippen molar-refractivity contribution in [2.45, 2.75) is 6.92 Å². The number of aryl methyl sites for hydroxylation is 1. The summed E-state index contributed by atoms with van der Waals surface area (Å²) in [5.41, 5.74) is 9.74. The van der Waals surface area contributed by atoms with Crippen molar-refractivity contribution in [2.75, 3.05) is 5.73 Å². The van der Waals surface area contributed by atoms with Gasteiger partial charge in [-0.1, -0.05) is 35.9 Å². The Morgan fingerprint density at radius 3 is 2.57 bits per heavy atom. The van der Waals surface area contributed by atoms with Crippen molar-refractivity contribution in [2.24, 2.45) is 0 Å². The van der Waals surface area contributed by atoms with Gasteiger partial charge in [0.25, 0.3) is 0 Å². The third-order valence-electron chi connectivity index (χ3n) is 3.36. The average Bonchev–Trinajstić information content (AvgIpc) is 2.85. The first-order chi connectivity index (χ1) is 10.1. The number of rotatable bonds is 2. The molecule has 106 valence electrons. The van der Waals surface area contributed by atoms with Gasteiger partial charge in [0.05, 0.1) is 15.7 Å². The maximum atomic E-state index is 14.3. The van der Waals surface area contributed by atoms with E-state index in [0.717, 1.165) is 11.1 Å². The summed E-state index contributed by atoms with van der Waals surface area (Å²) in [6, 6.07) is 13.0. The summed E-state index contributed by atoms with van der Waals surface area (Å²) in [5.74, 6) is 0.0164. The summed E-state index contributed by atoms with van der Waals surface area (Å²) in [7, 11) is 0. The number of halogens is 2. The highest BCUT2D eigenvalue weighted by Gasteiger charge is 2.18. The van der Waals surface area contributed by atoms with Crippen molar-refractivity contribution in [1.29, 1.82) is 0 Å². The molecule has 0 aliphatic carbocycles. The Balaban J connectivity index is 2.22. The molecule has 0 atom stereocenters. The Kier molecular flexibility index (Phi) is 3.51. The number of H-pyrrole nitrogens is 1. The largest absolute Gasteiger partial charge is 0.382 e. The first-order valence-electron chi connectivity index (χ1n) is 6.43. The highest BCUT2D eigenvalue weighted by Crippen LogP contribution is 2.37. The van der Waals surface area contributed by atoms with E-state index in [4.69, 9.17) is 5.73 Å². The molecule has 21 heavy (non-hydrogen) atoms. The molecule has 0 fully saturated rings. The van der Waals surface area contributed by atoms with E-state index in [2.05, 4.69) is 26.1 Å². The highest BCUT2D eigenvalue weighted by atomic mass is 79.9. The van der Waals surface area contributed by atoms with Crippen LogP contribution < -0.4 is 5.73 Å². The van der Waals surface area contributed by atoms with E-state index >= 15 is 0 Å². The zero-order chi connectivity index (χ0) is 15.0. The molecule has 3 nitrogen and oxygen atoms in total. The number of nitrogens with zero attached hydrogens (tertiary/aromatic N) is 1. The third kappa shape index (κ3) is 2.45. The van der Waals surface area contributed by atoms with E-state index in [1.54, 1.807) is 18.2 Å². The van der Waals surface area contributed by atoms with Gasteiger partial charge in [0.15, 0.2) is 5.82 Å². The Morgan fingerprint density at radius 2 is 1.86 bits per heavy atom. The molecule has 0 aliphatic heterocycles. The fraction of sp³-hybridized carbons (Fsp3) is 0.0625. The molecular weight excluding hydrogens is 333 g/mol. The fourth-order valence-corrected chi connectivity index (χ4v) is 2.63. The molecule has 0 saturated carbocycles. The van der Waals surface area contributed by atoms with Gasteiger partial charge in [0, 0.05) is 5.56 Å². The van der Waals surface area contributed by atoms with Gasteiger partial charge in [0.2, 0.25) is 0 Å². The van der Waals surface area contributed by atoms with Crippen LogP contribution in [0.1, 0.15) is 5.56 Å². The van der Waals surface area contributed by atoms with Crippen molar-refractivity contribution in [3.8, 4) is 22.4 Å². The molecule has 2 aromatic carbocycles. The van der Waals surface area contributed by atoms with E-state index in [1.165, 1.54) is 0 Å². The minimum atomic E-state index is -0.338. The predicted octanol–water partition coefficient (Wildman–Crippen LogP) is 4.54. The molecule has 5 heteroatoms. The predicted molar refractivity (Wildman–Crippen MR) is 86.3 cm³/mol. The third-order valence-corrected chi connectivity index (χ3v) is 3.97. The second-order valence-electron chi connectivity index (χ2n) is 4.83. The van der Waals surface area contributed by atoms with Gasteiger partial charge in [-0.15, -0.1) is 0 Å². The summed E-state index contributed by atoms with van der Waals surface area (Å²) in [6.07, 6.45) is 0. The van der Waals surface area contributed by atoms with E-state index in [-0.39, 0.29) is 5.82 Å². The number of anilines is 1. The van der Waals surface area contributed by atoms with E-state index in [1.807, 2.05) is 31.2 Å². The smallest absolute Gasteiger partial charge is 0.153 e. The molecular formula is C16H13BrFN3. The second kappa shape index (κ2) is 5.33. The number of aromatic amines is 1. The van der Waals surface area contributed by atoms with E-state index < -0.39 is 0 Å². The lowest BCUT2D eigenvalue weighted by Crippen LogP contribution is -1.91. The SMILES string of the molecule is Cc1ccc(-c2c(N)n[nH]c2-c2cccc(Br)c2F)cc1. The first-order valence-corrected chi connectivity index (χ1v) is 7.22. The Labute approximate surface area is 130 Å². The van der Waals surface area contributed by atoms with Gasteiger partial charge in [-0.2, -0.15) is 5.10 Å². The van der Waals surface area contributed by atoms with Crippen LogP contribution in [0.5, 0.6) is 0 Å². The Hall–Kier alpha value is -2.14. The summed E-state index contributed by atoms with van der Waals surface area (Å²) >= 11 is 3.20. The van der Waals surface area contributed by atoms with Gasteiger partial charge >= 0.3 is 0 Å². The number of benzene rings is 2. The van der Waals surface area contributed by atoms with E-state index in [0.29, 0.717) is 27.1 Å². The molecule has 1 heterocycles. The average molecular weight is 346 g/mol. The first kappa shape index (κ1) is 13.8. The van der Waals surface area contributed by atoms with Crippen molar-refractivity contribution in [3.05, 3.63) is 58.3 Å². The zero-order valence-corrected chi connectivity index (χ0v) is 12.9. The van der Waals surface area contributed by atoms with Crippen LogP contribution in [0, 0.1) is 12.7 Å². The second-order valence-corrected chi connectivity index (χ2v) is 5.68. The lowest BCUT2D eigenvalue weighted by Gasteiger charge is -2.07. The van der Waals surface area contributed by atoms with Gasteiger partial charge in [0.1, 0.15) is 5.82 Å². The number of hydrogen-bond donors (Lipinski definition) is 2. The fourth-order valence-electron chi connectivity index (χ4n) is 2.26. The van der Waals surface area contributed by atoms with Crippen LogP contribution >= 0.6 is 15.9 Å². The molecule has 3 rings (SSSR count). The Bertz CT molecular complexity index is 794. The van der Waals surface area contributed by atoms with Gasteiger partial charge in [-0.3, -0.25) is 5.10 Å². The van der Waals surface area contributed by atoms with Crippen molar-refractivity contribution in [1.82, 2.24) is 10.2 Å². The van der Waals surface area contributed by atoms with Crippen LogP contribution in [-0.4, -0.2) is 10.2 Å². The summed E-state index contributed by atoms with van der Waals surface area (Å²) in [5, 5.41) is 6.87. The van der Waals surface area contributed by atoms with Crippen LogP contribution in [0.4, 0.5) is 10.2 Å². The topological polar surface area (TPSA) is 54.7 Å².